The van der Waals surface area contributed by atoms with Gasteiger partial charge in [0, 0.05) is 20.5 Å². The molecule has 8 nitrogen and oxygen atoms in total. The summed E-state index contributed by atoms with van der Waals surface area (Å²) in [4.78, 5) is 51.2. The number of nitrogens with one attached hydrogen (secondary N) is 2. The maximum atomic E-state index is 13.0. The highest BCUT2D eigenvalue weighted by Gasteiger charge is 2.29. The topological polar surface area (TPSA) is 116 Å². The monoisotopic (exact) mass is 477 g/mol. The molecule has 1 atom stereocenters. The van der Waals surface area contributed by atoms with Crippen molar-refractivity contribution >= 4 is 28.8 Å². The van der Waals surface area contributed by atoms with Crippen LogP contribution in [0, 0.1) is 5.92 Å². The zero-order chi connectivity index (χ0) is 25.7. The molecule has 3 aromatic rings. The number of ketones is 1. The third-order valence-corrected chi connectivity index (χ3v) is 5.89. The van der Waals surface area contributed by atoms with Gasteiger partial charge in [0.2, 0.25) is 0 Å². The van der Waals surface area contributed by atoms with Crippen molar-refractivity contribution in [3.8, 4) is 5.75 Å². The van der Waals surface area contributed by atoms with E-state index in [-0.39, 0.29) is 40.1 Å². The lowest BCUT2D eigenvalue weighted by atomic mass is 9.94. The molecule has 0 aliphatic rings. The van der Waals surface area contributed by atoms with Crippen LogP contribution in [0.25, 0.3) is 0 Å². The molecule has 0 aromatic heterocycles. The van der Waals surface area contributed by atoms with E-state index in [0.29, 0.717) is 12.8 Å². The number of aromatic hydroxyl groups is 1. The van der Waals surface area contributed by atoms with E-state index in [1.54, 1.807) is 20.2 Å². The summed E-state index contributed by atoms with van der Waals surface area (Å²) in [6.07, 6.45) is 1.77. The van der Waals surface area contributed by atoms with E-state index < -0.39 is 22.8 Å². The van der Waals surface area contributed by atoms with Crippen LogP contribution in [0.15, 0.2) is 58.1 Å². The van der Waals surface area contributed by atoms with Gasteiger partial charge < -0.3 is 20.6 Å². The molecule has 8 heteroatoms. The van der Waals surface area contributed by atoms with E-state index in [1.165, 1.54) is 17.0 Å². The second-order valence-electron chi connectivity index (χ2n) is 9.11. The molecule has 0 bridgehead atoms. The molecule has 3 aromatic carbocycles. The molecule has 0 spiro atoms. The SMILES string of the molecule is CC(C)[C@@H](Nc1c(Nc2cccc(C(=O)N(C)C)c2O)c(=O)c1=O)C(=O)CCCc1ccccc1. The Bertz CT molecular complexity index is 1270. The molecule has 0 fully saturated rings. The average Bonchev–Trinajstić information content (AvgIpc) is 2.84. The molecule has 35 heavy (non-hydrogen) atoms. The van der Waals surface area contributed by atoms with Crippen LogP contribution >= 0.6 is 0 Å². The minimum atomic E-state index is -0.754. The lowest BCUT2D eigenvalue weighted by Gasteiger charge is -2.25. The summed E-state index contributed by atoms with van der Waals surface area (Å²) in [5.74, 6) is -0.902. The van der Waals surface area contributed by atoms with E-state index in [1.807, 2.05) is 44.2 Å². The number of anilines is 3. The number of para-hydroxylation sites is 1. The van der Waals surface area contributed by atoms with E-state index in [9.17, 15) is 24.3 Å². The molecule has 1 amide bonds. The Morgan fingerprint density at radius 1 is 0.943 bits per heavy atom. The van der Waals surface area contributed by atoms with E-state index >= 15 is 0 Å². The van der Waals surface area contributed by atoms with Crippen molar-refractivity contribution < 1.29 is 14.7 Å². The summed E-state index contributed by atoms with van der Waals surface area (Å²) >= 11 is 0. The van der Waals surface area contributed by atoms with Crippen molar-refractivity contribution in [1.29, 1.82) is 0 Å². The summed E-state index contributed by atoms with van der Waals surface area (Å²) < 4.78 is 0. The van der Waals surface area contributed by atoms with Crippen LogP contribution in [0.3, 0.4) is 0 Å². The number of carbonyl (C=O) groups excluding carboxylic acids is 2. The highest BCUT2D eigenvalue weighted by Crippen LogP contribution is 2.32. The predicted octanol–water partition coefficient (Wildman–Crippen LogP) is 3.46. The van der Waals surface area contributed by atoms with Gasteiger partial charge in [-0.3, -0.25) is 19.2 Å². The Balaban J connectivity index is 1.75. The van der Waals surface area contributed by atoms with Gasteiger partial charge in [0.25, 0.3) is 16.8 Å². The highest BCUT2D eigenvalue weighted by atomic mass is 16.3. The smallest absolute Gasteiger partial charge is 0.257 e. The molecule has 0 saturated heterocycles. The fourth-order valence-electron chi connectivity index (χ4n) is 3.88. The quantitative estimate of drug-likeness (QED) is 0.286. The number of benzene rings is 2. The van der Waals surface area contributed by atoms with Crippen molar-refractivity contribution in [1.82, 2.24) is 4.90 Å². The predicted molar refractivity (Wildman–Crippen MR) is 137 cm³/mol. The number of hydrogen-bond acceptors (Lipinski definition) is 7. The lowest BCUT2D eigenvalue weighted by Crippen LogP contribution is -2.43. The van der Waals surface area contributed by atoms with Gasteiger partial charge in [0.15, 0.2) is 11.5 Å². The zero-order valence-corrected chi connectivity index (χ0v) is 20.4. The first-order valence-corrected chi connectivity index (χ1v) is 11.6. The summed E-state index contributed by atoms with van der Waals surface area (Å²) in [5, 5.41) is 16.3. The first-order valence-electron chi connectivity index (χ1n) is 11.6. The van der Waals surface area contributed by atoms with Crippen molar-refractivity contribution in [2.24, 2.45) is 5.92 Å². The van der Waals surface area contributed by atoms with E-state index in [0.717, 1.165) is 12.0 Å². The third-order valence-electron chi connectivity index (χ3n) is 5.89. The maximum Gasteiger partial charge on any atom is 0.257 e. The molecular formula is C27H31N3O5. The van der Waals surface area contributed by atoms with Crippen molar-refractivity contribution in [3.05, 3.63) is 80.1 Å². The lowest BCUT2D eigenvalue weighted by molar-refractivity contribution is -0.120. The first kappa shape index (κ1) is 25.7. The first-order chi connectivity index (χ1) is 16.6. The fourth-order valence-corrected chi connectivity index (χ4v) is 3.88. The second-order valence-corrected chi connectivity index (χ2v) is 9.11. The van der Waals surface area contributed by atoms with Gasteiger partial charge in [-0.05, 0) is 36.5 Å². The Labute approximate surface area is 204 Å². The second kappa shape index (κ2) is 11.0. The summed E-state index contributed by atoms with van der Waals surface area (Å²) in [6, 6.07) is 13.8. The molecule has 184 valence electrons. The Hall–Kier alpha value is -3.94. The minimum absolute atomic E-state index is 0.00819. The van der Waals surface area contributed by atoms with Gasteiger partial charge in [-0.2, -0.15) is 0 Å². The number of Topliss-reactive ketones (excluding diaryl/α,β-unsaturated/α-hetero) is 1. The van der Waals surface area contributed by atoms with Gasteiger partial charge >= 0.3 is 0 Å². The number of phenols is 1. The number of carbonyl (C=O) groups is 2. The number of nitrogens with zero attached hydrogens (tertiary/aromatic N) is 1. The number of amides is 1. The van der Waals surface area contributed by atoms with Crippen molar-refractivity contribution in [2.75, 3.05) is 24.7 Å². The van der Waals surface area contributed by atoms with Crippen molar-refractivity contribution in [2.45, 2.75) is 39.2 Å². The minimum Gasteiger partial charge on any atom is -0.505 e. The Kier molecular flexibility index (Phi) is 8.06. The molecule has 0 heterocycles. The largest absolute Gasteiger partial charge is 0.505 e. The summed E-state index contributed by atoms with van der Waals surface area (Å²) in [5.41, 5.74) is -0.190. The standard InChI is InChI=1S/C27H31N3O5/c1-16(2)21(20(31)15-8-12-17-10-6-5-7-11-17)29-23-22(25(33)26(23)34)28-19-14-9-13-18(24(19)32)27(35)30(3)4/h5-7,9-11,13-14,16,21,28-29,32H,8,12,15H2,1-4H3/t21-/m1/s1. The highest BCUT2D eigenvalue weighted by molar-refractivity contribution is 5.99. The molecule has 0 aliphatic carbocycles. The van der Waals surface area contributed by atoms with E-state index in [2.05, 4.69) is 10.6 Å². The van der Waals surface area contributed by atoms with Gasteiger partial charge in [-0.25, -0.2) is 0 Å². The third kappa shape index (κ3) is 5.77. The number of hydrogen-bond donors (Lipinski definition) is 3. The van der Waals surface area contributed by atoms with Crippen LogP contribution in [0.4, 0.5) is 17.1 Å². The van der Waals surface area contributed by atoms with Crippen LogP contribution in [-0.2, 0) is 11.2 Å². The maximum absolute atomic E-state index is 13.0. The van der Waals surface area contributed by atoms with Crippen LogP contribution in [-0.4, -0.2) is 41.8 Å². The normalized spacial score (nSPS) is 11.9. The zero-order valence-electron chi connectivity index (χ0n) is 20.4. The molecular weight excluding hydrogens is 446 g/mol. The van der Waals surface area contributed by atoms with Crippen LogP contribution in [0.5, 0.6) is 5.75 Å². The molecule has 0 unspecified atom stereocenters. The Morgan fingerprint density at radius 3 is 2.23 bits per heavy atom. The molecule has 3 rings (SSSR count). The van der Waals surface area contributed by atoms with Gasteiger partial charge in [-0.1, -0.05) is 50.2 Å². The average molecular weight is 478 g/mol. The van der Waals surface area contributed by atoms with Crippen LogP contribution < -0.4 is 21.5 Å². The number of rotatable bonds is 11. The number of aryl methyl sites for hydroxylation is 1. The van der Waals surface area contributed by atoms with Crippen LogP contribution in [0.1, 0.15) is 42.6 Å². The molecule has 0 radical (unpaired) electrons. The van der Waals surface area contributed by atoms with Gasteiger partial charge in [-0.15, -0.1) is 0 Å². The number of phenolic OH excluding ortho intramolecular Hbond substituents is 1. The Morgan fingerprint density at radius 2 is 1.60 bits per heavy atom. The van der Waals surface area contributed by atoms with Crippen molar-refractivity contribution in [3.63, 3.8) is 0 Å². The van der Waals surface area contributed by atoms with Gasteiger partial charge in [0.1, 0.15) is 11.4 Å². The van der Waals surface area contributed by atoms with E-state index in [4.69, 9.17) is 0 Å². The van der Waals surface area contributed by atoms with Crippen LogP contribution in [0.2, 0.25) is 0 Å². The fraction of sp³-hybridized carbons (Fsp3) is 0.333. The summed E-state index contributed by atoms with van der Waals surface area (Å²) in [6.45, 7) is 3.74. The van der Waals surface area contributed by atoms with Gasteiger partial charge in [0.05, 0.1) is 17.3 Å². The molecule has 0 saturated carbocycles. The molecule has 0 aliphatic heterocycles. The summed E-state index contributed by atoms with van der Waals surface area (Å²) in [7, 11) is 3.12. The molecule has 3 N–H and O–H groups in total.